The average molecular weight is 590 g/mol. The van der Waals surface area contributed by atoms with Crippen LogP contribution in [0, 0.1) is 47.3 Å². The van der Waals surface area contributed by atoms with Crippen LogP contribution in [0.1, 0.15) is 167 Å². The molecule has 0 saturated heterocycles. The van der Waals surface area contributed by atoms with Gasteiger partial charge in [0.2, 0.25) is 0 Å². The van der Waals surface area contributed by atoms with E-state index < -0.39 is 0 Å². The lowest BCUT2D eigenvalue weighted by Crippen LogP contribution is -2.00. The minimum Gasteiger partial charge on any atom is -0.103 e. The van der Waals surface area contributed by atoms with Crippen molar-refractivity contribution in [1.82, 2.24) is 0 Å². The van der Waals surface area contributed by atoms with Crippen molar-refractivity contribution in [1.29, 1.82) is 0 Å². The SMILES string of the molecule is C=CCC(C)C.CC(C)CC1CC1.CC(C)CC1CCCC1.CC(C)CC=C(Cl)Cl.CCC(CC)CC(C)C. The Labute approximate surface area is 259 Å². The molecule has 2 saturated carbocycles. The fourth-order valence-corrected chi connectivity index (χ4v) is 5.06. The summed E-state index contributed by atoms with van der Waals surface area (Å²) in [5.74, 6) is 7.36. The van der Waals surface area contributed by atoms with Crippen molar-refractivity contribution in [2.75, 3.05) is 0 Å². The highest BCUT2D eigenvalue weighted by molar-refractivity contribution is 6.55. The van der Waals surface area contributed by atoms with Crippen LogP contribution in [-0.2, 0) is 0 Å². The van der Waals surface area contributed by atoms with Crippen molar-refractivity contribution in [2.24, 2.45) is 47.3 Å². The Bertz CT molecular complexity index is 504. The first-order chi connectivity index (χ1) is 18.2. The molecule has 2 aliphatic rings. The Morgan fingerprint density at radius 2 is 1.05 bits per heavy atom. The first-order valence-electron chi connectivity index (χ1n) is 16.8. The van der Waals surface area contributed by atoms with Gasteiger partial charge in [-0.2, -0.15) is 0 Å². The van der Waals surface area contributed by atoms with Gasteiger partial charge in [-0.05, 0) is 79.4 Å². The molecule has 0 aromatic rings. The van der Waals surface area contributed by atoms with Crippen molar-refractivity contribution < 1.29 is 0 Å². The van der Waals surface area contributed by atoms with Crippen molar-refractivity contribution in [2.45, 2.75) is 167 Å². The molecule has 0 aliphatic heterocycles. The first-order valence-corrected chi connectivity index (χ1v) is 17.6. The van der Waals surface area contributed by atoms with Crippen molar-refractivity contribution in [3.63, 3.8) is 0 Å². The van der Waals surface area contributed by atoms with Crippen molar-refractivity contribution in [3.8, 4) is 0 Å². The highest BCUT2D eigenvalue weighted by Crippen LogP contribution is 2.34. The number of allylic oxidation sites excluding steroid dienone is 2. The highest BCUT2D eigenvalue weighted by atomic mass is 35.5. The summed E-state index contributed by atoms with van der Waals surface area (Å²) in [7, 11) is 0. The van der Waals surface area contributed by atoms with E-state index in [0.717, 1.165) is 54.3 Å². The summed E-state index contributed by atoms with van der Waals surface area (Å²) >= 11 is 10.7. The van der Waals surface area contributed by atoms with Crippen LogP contribution in [0.25, 0.3) is 0 Å². The predicted octanol–water partition coefficient (Wildman–Crippen LogP) is 14.7. The van der Waals surface area contributed by atoms with Crippen LogP contribution in [0.5, 0.6) is 0 Å². The number of halogens is 2. The van der Waals surface area contributed by atoms with Gasteiger partial charge in [0.15, 0.2) is 0 Å². The molecule has 2 heteroatoms. The molecule has 0 aromatic heterocycles. The summed E-state index contributed by atoms with van der Waals surface area (Å²) in [6, 6.07) is 0. The number of rotatable bonds is 12. The molecule has 39 heavy (non-hydrogen) atoms. The lowest BCUT2D eigenvalue weighted by molar-refractivity contribution is 0.388. The van der Waals surface area contributed by atoms with Crippen LogP contribution in [0.15, 0.2) is 23.2 Å². The van der Waals surface area contributed by atoms with E-state index >= 15 is 0 Å². The molecule has 236 valence electrons. The Balaban J connectivity index is -0.000000419. The van der Waals surface area contributed by atoms with Gasteiger partial charge in [0.25, 0.3) is 0 Å². The lowest BCUT2D eigenvalue weighted by atomic mass is 9.93. The van der Waals surface area contributed by atoms with Gasteiger partial charge in [0.1, 0.15) is 4.49 Å². The van der Waals surface area contributed by atoms with Crippen LogP contribution in [0.4, 0.5) is 0 Å². The summed E-state index contributed by atoms with van der Waals surface area (Å²) in [5.41, 5.74) is 0. The molecule has 2 aliphatic carbocycles. The van der Waals surface area contributed by atoms with Crippen LogP contribution >= 0.6 is 23.2 Å². The molecule has 2 rings (SSSR count). The average Bonchev–Trinajstić information content (AvgIpc) is 3.48. The van der Waals surface area contributed by atoms with E-state index in [-0.39, 0.29) is 0 Å². The highest BCUT2D eigenvalue weighted by Gasteiger charge is 2.21. The van der Waals surface area contributed by atoms with E-state index in [0.29, 0.717) is 10.4 Å². The fraction of sp³-hybridized carbons (Fsp3) is 0.892. The Morgan fingerprint density at radius 3 is 1.23 bits per heavy atom. The molecule has 0 nitrogen and oxygen atoms in total. The van der Waals surface area contributed by atoms with E-state index in [4.69, 9.17) is 23.2 Å². The summed E-state index contributed by atoms with van der Waals surface area (Å²) in [6.45, 7) is 30.7. The van der Waals surface area contributed by atoms with E-state index in [1.54, 1.807) is 0 Å². The smallest absolute Gasteiger partial charge is 0.102 e. The maximum Gasteiger partial charge on any atom is 0.102 e. The molecular formula is C37H74Cl2. The predicted molar refractivity (Wildman–Crippen MR) is 186 cm³/mol. The zero-order valence-corrected chi connectivity index (χ0v) is 30.4. The third kappa shape index (κ3) is 42.7. The molecule has 0 heterocycles. The molecule has 0 atom stereocenters. The van der Waals surface area contributed by atoms with Crippen LogP contribution in [0.3, 0.4) is 0 Å². The Morgan fingerprint density at radius 1 is 0.641 bits per heavy atom. The second-order valence-electron chi connectivity index (χ2n) is 14.2. The van der Waals surface area contributed by atoms with Crippen LogP contribution in [0.2, 0.25) is 0 Å². The first kappa shape index (κ1) is 43.5. The molecule has 0 spiro atoms. The standard InChI is InChI=1S/C9H18.C9H20.C7H14.C6H10Cl2.C6H12/c1-8(2)7-9-5-3-4-6-9;1-5-9(6-2)7-8(3)4;1-6(2)5-7-3-4-7;1-5(2)3-4-6(7)8;1-4-5-6(2)3/h8-9H,3-7H2,1-2H3;8-9H,5-7H2,1-4H3;6-7H,3-5H2,1-2H3;4-5H,3H2,1-2H3;4,6H,1,5H2,2-3H3. The van der Waals surface area contributed by atoms with Gasteiger partial charge in [-0.25, -0.2) is 0 Å². The third-order valence-corrected chi connectivity index (χ3v) is 7.43. The maximum atomic E-state index is 5.35. The summed E-state index contributed by atoms with van der Waals surface area (Å²) in [5, 5.41) is 0. The second kappa shape index (κ2) is 29.5. The monoisotopic (exact) mass is 589 g/mol. The third-order valence-electron chi connectivity index (χ3n) is 7.12. The minimum absolute atomic E-state index is 0.374. The summed E-state index contributed by atoms with van der Waals surface area (Å²) < 4.78 is 0.374. The molecule has 0 bridgehead atoms. The van der Waals surface area contributed by atoms with E-state index in [9.17, 15) is 0 Å². The molecule has 0 amide bonds. The molecule has 2 fully saturated rings. The zero-order chi connectivity index (χ0) is 30.8. The van der Waals surface area contributed by atoms with Gasteiger partial charge >= 0.3 is 0 Å². The zero-order valence-electron chi connectivity index (χ0n) is 28.9. The molecule has 0 radical (unpaired) electrons. The topological polar surface area (TPSA) is 0 Å². The quantitative estimate of drug-likeness (QED) is 0.199. The summed E-state index contributed by atoms with van der Waals surface area (Å²) in [6.07, 6.45) is 22.0. The lowest BCUT2D eigenvalue weighted by Gasteiger charge is -2.13. The van der Waals surface area contributed by atoms with Gasteiger partial charge in [0.05, 0.1) is 0 Å². The van der Waals surface area contributed by atoms with Crippen molar-refractivity contribution >= 4 is 23.2 Å². The van der Waals surface area contributed by atoms with Crippen LogP contribution in [-0.4, -0.2) is 0 Å². The molecule has 0 N–H and O–H groups in total. The second-order valence-corrected chi connectivity index (χ2v) is 15.2. The maximum absolute atomic E-state index is 5.35. The number of hydrogen-bond acceptors (Lipinski definition) is 0. The van der Waals surface area contributed by atoms with Gasteiger partial charge in [-0.3, -0.25) is 0 Å². The Kier molecular flexibility index (Phi) is 33.0. The largest absolute Gasteiger partial charge is 0.103 e. The summed E-state index contributed by atoms with van der Waals surface area (Å²) in [4.78, 5) is 0. The molecular weight excluding hydrogens is 515 g/mol. The van der Waals surface area contributed by atoms with Gasteiger partial charge in [-0.1, -0.05) is 170 Å². The minimum atomic E-state index is 0.374. The van der Waals surface area contributed by atoms with Gasteiger partial charge < -0.3 is 0 Å². The molecule has 0 aromatic carbocycles. The van der Waals surface area contributed by atoms with Crippen LogP contribution < -0.4 is 0 Å². The van der Waals surface area contributed by atoms with E-state index in [1.807, 2.05) is 12.2 Å². The Hall–Kier alpha value is 0.0600. The van der Waals surface area contributed by atoms with Gasteiger partial charge in [-0.15, -0.1) is 6.58 Å². The fourth-order valence-electron chi connectivity index (χ4n) is 4.88. The van der Waals surface area contributed by atoms with E-state index in [1.165, 1.54) is 70.6 Å². The molecule has 0 unspecified atom stereocenters. The van der Waals surface area contributed by atoms with Gasteiger partial charge in [0, 0.05) is 0 Å². The van der Waals surface area contributed by atoms with E-state index in [2.05, 4.69) is 89.7 Å². The normalized spacial score (nSPS) is 14.8. The van der Waals surface area contributed by atoms with Crippen molar-refractivity contribution in [3.05, 3.63) is 23.2 Å². The number of hydrogen-bond donors (Lipinski definition) is 0.